The quantitative estimate of drug-likeness (QED) is 0.622. The Morgan fingerprint density at radius 1 is 1.38 bits per heavy atom. The Morgan fingerprint density at radius 3 is 2.38 bits per heavy atom. The maximum atomic E-state index is 11.0. The second-order valence-electron chi connectivity index (χ2n) is 3.04. The van der Waals surface area contributed by atoms with Crippen molar-refractivity contribution in [1.29, 1.82) is 0 Å². The van der Waals surface area contributed by atoms with Gasteiger partial charge in [-0.25, -0.2) is 4.21 Å². The fraction of sp³-hybridized carbons (Fsp3) is 0.333. The van der Waals surface area contributed by atoms with Crippen molar-refractivity contribution in [2.75, 3.05) is 12.0 Å². The average Bonchev–Trinajstić information content (AvgIpc) is 2.02. The van der Waals surface area contributed by atoms with Gasteiger partial charge in [-0.3, -0.25) is 0 Å². The van der Waals surface area contributed by atoms with E-state index in [0.29, 0.717) is 12.2 Å². The number of halogens is 1. The molecule has 0 spiro atoms. The van der Waals surface area contributed by atoms with Crippen LogP contribution in [0.2, 0.25) is 0 Å². The summed E-state index contributed by atoms with van der Waals surface area (Å²) in [4.78, 5) is 0. The SMILES string of the molecule is CS(=O)(=[OH+])CCc1ccc(I)cc1. The fourth-order valence-corrected chi connectivity index (χ4v) is 1.93. The highest BCUT2D eigenvalue weighted by Crippen LogP contribution is 2.07. The van der Waals surface area contributed by atoms with Gasteiger partial charge in [-0.2, -0.15) is 4.21 Å². The Balaban J connectivity index is 2.61. The van der Waals surface area contributed by atoms with Gasteiger partial charge in [0.05, 0.1) is 12.0 Å². The smallest absolute Gasteiger partial charge is 0.229 e. The first-order valence-corrected chi connectivity index (χ1v) is 7.08. The molecule has 2 nitrogen and oxygen atoms in total. The molecule has 0 aliphatic heterocycles. The molecule has 0 heterocycles. The van der Waals surface area contributed by atoms with Crippen LogP contribution in [0.3, 0.4) is 0 Å². The van der Waals surface area contributed by atoms with Crippen molar-refractivity contribution in [3.8, 4) is 0 Å². The third-order valence-corrected chi connectivity index (χ3v) is 3.36. The Hall–Kier alpha value is -0.100. The first kappa shape index (κ1) is 11.0. The number of hydrogen-bond donors (Lipinski definition) is 0. The van der Waals surface area contributed by atoms with Crippen molar-refractivity contribution in [2.45, 2.75) is 6.42 Å². The maximum absolute atomic E-state index is 11.0. The molecule has 0 fully saturated rings. The molecule has 0 aliphatic carbocycles. The molecule has 1 rings (SSSR count). The normalized spacial score (nSPS) is 15.2. The highest BCUT2D eigenvalue weighted by atomic mass is 127. The summed E-state index contributed by atoms with van der Waals surface area (Å²) in [7, 11) is -2.58. The Bertz CT molecular complexity index is 367. The minimum Gasteiger partial charge on any atom is -0.229 e. The average molecular weight is 311 g/mol. The minimum atomic E-state index is -2.58. The third kappa shape index (κ3) is 4.61. The van der Waals surface area contributed by atoms with E-state index in [1.165, 1.54) is 9.83 Å². The summed E-state index contributed by atoms with van der Waals surface area (Å²) < 4.78 is 21.2. The lowest BCUT2D eigenvalue weighted by molar-refractivity contribution is 0.620. The zero-order valence-corrected chi connectivity index (χ0v) is 10.3. The predicted octanol–water partition coefficient (Wildman–Crippen LogP) is 2.04. The Kier molecular flexibility index (Phi) is 3.73. The Labute approximate surface area is 92.4 Å². The fourth-order valence-electron chi connectivity index (χ4n) is 0.958. The molecule has 0 bridgehead atoms. The molecular formula is C9H12IO2S+. The van der Waals surface area contributed by atoms with Crippen molar-refractivity contribution in [3.63, 3.8) is 0 Å². The van der Waals surface area contributed by atoms with E-state index in [-0.39, 0.29) is 0 Å². The monoisotopic (exact) mass is 311 g/mol. The van der Waals surface area contributed by atoms with E-state index < -0.39 is 9.84 Å². The van der Waals surface area contributed by atoms with Gasteiger partial charge in [-0.05, 0) is 46.7 Å². The number of hydrogen-bond acceptors (Lipinski definition) is 1. The molecular weight excluding hydrogens is 299 g/mol. The molecule has 1 aromatic rings. The third-order valence-electron chi connectivity index (χ3n) is 1.68. The second-order valence-corrected chi connectivity index (χ2v) is 6.61. The van der Waals surface area contributed by atoms with E-state index in [9.17, 15) is 4.21 Å². The molecule has 0 aliphatic rings. The molecule has 4 heteroatoms. The van der Waals surface area contributed by atoms with Gasteiger partial charge in [0.1, 0.15) is 0 Å². The van der Waals surface area contributed by atoms with Gasteiger partial charge < -0.3 is 0 Å². The van der Waals surface area contributed by atoms with Crippen LogP contribution in [-0.2, 0) is 16.3 Å². The highest BCUT2D eigenvalue weighted by molar-refractivity contribution is 14.1. The number of aryl methyl sites for hydroxylation is 1. The van der Waals surface area contributed by atoms with E-state index in [0.717, 1.165) is 5.56 Å². The standard InChI is InChI=1S/C9H11IO2S/c1-13(11,12)7-6-8-2-4-9(10)5-3-8/h2-5H,6-7H2,1H3/p+1. The molecule has 0 amide bonds. The zero-order chi connectivity index (χ0) is 9.90. The van der Waals surface area contributed by atoms with E-state index in [4.69, 9.17) is 4.21 Å². The van der Waals surface area contributed by atoms with Crippen molar-refractivity contribution in [2.24, 2.45) is 0 Å². The van der Waals surface area contributed by atoms with Gasteiger partial charge in [0, 0.05) is 3.57 Å². The van der Waals surface area contributed by atoms with Crippen LogP contribution in [-0.4, -0.2) is 20.4 Å². The van der Waals surface area contributed by atoms with E-state index in [2.05, 4.69) is 22.6 Å². The van der Waals surface area contributed by atoms with E-state index in [1.807, 2.05) is 24.3 Å². The lowest BCUT2D eigenvalue weighted by Crippen LogP contribution is -2.05. The summed E-state index contributed by atoms with van der Waals surface area (Å²) in [5, 5.41) is 0. The zero-order valence-electron chi connectivity index (χ0n) is 7.37. The van der Waals surface area contributed by atoms with Gasteiger partial charge in [-0.15, -0.1) is 0 Å². The summed E-state index contributed by atoms with van der Waals surface area (Å²) >= 11 is 2.24. The summed E-state index contributed by atoms with van der Waals surface area (Å²) in [6.07, 6.45) is 2.04. The summed E-state index contributed by atoms with van der Waals surface area (Å²) in [6, 6.07) is 8.00. The molecule has 0 aromatic heterocycles. The molecule has 1 atom stereocenters. The first-order chi connectivity index (χ1) is 5.97. The lowest BCUT2D eigenvalue weighted by Gasteiger charge is -1.97. The van der Waals surface area contributed by atoms with Crippen LogP contribution in [0.1, 0.15) is 5.56 Å². The summed E-state index contributed by atoms with van der Waals surface area (Å²) in [5.41, 5.74) is 1.11. The topological polar surface area (TPSA) is 38.5 Å². The number of rotatable bonds is 3. The predicted molar refractivity (Wildman–Crippen MR) is 63.7 cm³/mol. The summed E-state index contributed by atoms with van der Waals surface area (Å²) in [6.45, 7) is 0. The molecule has 72 valence electrons. The van der Waals surface area contributed by atoms with Gasteiger partial charge in [-0.1, -0.05) is 12.1 Å². The maximum Gasteiger partial charge on any atom is 0.270 e. The van der Waals surface area contributed by atoms with E-state index in [1.54, 1.807) is 0 Å². The van der Waals surface area contributed by atoms with Crippen molar-refractivity contribution < 1.29 is 8.42 Å². The molecule has 1 unspecified atom stereocenters. The molecule has 13 heavy (non-hydrogen) atoms. The van der Waals surface area contributed by atoms with Crippen LogP contribution in [0.4, 0.5) is 0 Å². The van der Waals surface area contributed by atoms with Crippen LogP contribution in [0.15, 0.2) is 24.3 Å². The van der Waals surface area contributed by atoms with Crippen LogP contribution in [0, 0.1) is 3.57 Å². The second kappa shape index (κ2) is 4.41. The van der Waals surface area contributed by atoms with E-state index >= 15 is 0 Å². The molecule has 1 aromatic carbocycles. The van der Waals surface area contributed by atoms with Gasteiger partial charge >= 0.3 is 0 Å². The van der Waals surface area contributed by atoms with Crippen molar-refractivity contribution >= 4 is 32.4 Å². The molecule has 0 saturated heterocycles. The summed E-state index contributed by atoms with van der Waals surface area (Å²) in [5.74, 6) is 0.341. The minimum absolute atomic E-state index is 0.341. The highest BCUT2D eigenvalue weighted by Gasteiger charge is 2.07. The van der Waals surface area contributed by atoms with Crippen LogP contribution in [0.25, 0.3) is 0 Å². The molecule has 0 saturated carbocycles. The van der Waals surface area contributed by atoms with Gasteiger partial charge in [0.15, 0.2) is 0 Å². The molecule has 0 radical (unpaired) electrons. The van der Waals surface area contributed by atoms with Gasteiger partial charge in [0.25, 0.3) is 9.84 Å². The lowest BCUT2D eigenvalue weighted by atomic mass is 10.2. The van der Waals surface area contributed by atoms with Crippen LogP contribution in [0.5, 0.6) is 0 Å². The molecule has 1 N–H and O–H groups in total. The largest absolute Gasteiger partial charge is 0.270 e. The van der Waals surface area contributed by atoms with Gasteiger partial charge in [0.2, 0.25) is 0 Å². The van der Waals surface area contributed by atoms with Crippen molar-refractivity contribution in [3.05, 3.63) is 33.4 Å². The number of benzene rings is 1. The first-order valence-electron chi connectivity index (χ1n) is 3.91. The van der Waals surface area contributed by atoms with Crippen molar-refractivity contribution in [1.82, 2.24) is 0 Å². The van der Waals surface area contributed by atoms with Crippen LogP contribution < -0.4 is 0 Å². The Morgan fingerprint density at radius 2 is 1.92 bits per heavy atom. The van der Waals surface area contributed by atoms with Crippen LogP contribution >= 0.6 is 22.6 Å².